The Morgan fingerprint density at radius 3 is 2.79 bits per heavy atom. The van der Waals surface area contributed by atoms with Crippen LogP contribution >= 0.6 is 0 Å². The maximum Gasteiger partial charge on any atom is 0.0402 e. The molecule has 0 aromatic heterocycles. The lowest BCUT2D eigenvalue weighted by molar-refractivity contribution is 0.420. The summed E-state index contributed by atoms with van der Waals surface area (Å²) in [5, 5.41) is 0. The highest BCUT2D eigenvalue weighted by molar-refractivity contribution is 5.60. The van der Waals surface area contributed by atoms with E-state index in [1.54, 1.807) is 5.56 Å². The average molecular weight is 258 g/mol. The molecule has 1 aromatic rings. The van der Waals surface area contributed by atoms with E-state index in [1.807, 2.05) is 0 Å². The third kappa shape index (κ3) is 2.79. The smallest absolute Gasteiger partial charge is 0.0402 e. The SMILES string of the molecule is CC(N)Cc1ccc2c(c1)CCN2C1CCCCC1. The molecule has 0 bridgehead atoms. The van der Waals surface area contributed by atoms with E-state index in [0.29, 0.717) is 0 Å². The number of nitrogens with two attached hydrogens (primary N) is 1. The van der Waals surface area contributed by atoms with Crippen molar-refractivity contribution < 1.29 is 0 Å². The Bertz CT molecular complexity index is 433. The van der Waals surface area contributed by atoms with Gasteiger partial charge in [-0.25, -0.2) is 0 Å². The van der Waals surface area contributed by atoms with Gasteiger partial charge in [-0.3, -0.25) is 0 Å². The lowest BCUT2D eigenvalue weighted by atomic mass is 9.94. The van der Waals surface area contributed by atoms with Gasteiger partial charge in [-0.2, -0.15) is 0 Å². The van der Waals surface area contributed by atoms with Crippen molar-refractivity contribution in [2.24, 2.45) is 5.73 Å². The molecule has 1 atom stereocenters. The van der Waals surface area contributed by atoms with Crippen LogP contribution in [-0.2, 0) is 12.8 Å². The van der Waals surface area contributed by atoms with Crippen LogP contribution in [0.25, 0.3) is 0 Å². The molecule has 0 spiro atoms. The second-order valence-electron chi connectivity index (χ2n) is 6.38. The molecule has 1 aliphatic carbocycles. The van der Waals surface area contributed by atoms with Gasteiger partial charge in [-0.15, -0.1) is 0 Å². The number of nitrogens with zero attached hydrogens (tertiary/aromatic N) is 1. The van der Waals surface area contributed by atoms with E-state index in [4.69, 9.17) is 5.73 Å². The second-order valence-corrected chi connectivity index (χ2v) is 6.38. The molecule has 1 saturated carbocycles. The van der Waals surface area contributed by atoms with Gasteiger partial charge in [0.1, 0.15) is 0 Å². The molecule has 2 N–H and O–H groups in total. The molecule has 0 saturated heterocycles. The molecular formula is C17H26N2. The maximum absolute atomic E-state index is 5.90. The minimum Gasteiger partial charge on any atom is -0.368 e. The minimum absolute atomic E-state index is 0.258. The zero-order chi connectivity index (χ0) is 13.2. The number of hydrogen-bond donors (Lipinski definition) is 1. The zero-order valence-corrected chi connectivity index (χ0v) is 12.1. The van der Waals surface area contributed by atoms with Gasteiger partial charge < -0.3 is 10.6 Å². The lowest BCUT2D eigenvalue weighted by Gasteiger charge is -2.33. The summed E-state index contributed by atoms with van der Waals surface area (Å²) in [5.74, 6) is 0. The molecular weight excluding hydrogens is 232 g/mol. The molecule has 1 aromatic carbocycles. The van der Waals surface area contributed by atoms with E-state index in [0.717, 1.165) is 12.5 Å². The standard InChI is InChI=1S/C17H26N2/c1-13(18)11-14-7-8-17-15(12-14)9-10-19(17)16-5-3-2-4-6-16/h7-8,12-13,16H,2-6,9-11,18H2,1H3. The molecule has 0 amide bonds. The van der Waals surface area contributed by atoms with Gasteiger partial charge in [-0.05, 0) is 49.8 Å². The third-order valence-corrected chi connectivity index (χ3v) is 4.65. The summed E-state index contributed by atoms with van der Waals surface area (Å²) in [7, 11) is 0. The van der Waals surface area contributed by atoms with Crippen LogP contribution in [0.1, 0.15) is 50.2 Å². The maximum atomic E-state index is 5.90. The highest BCUT2D eigenvalue weighted by Gasteiger charge is 2.27. The largest absolute Gasteiger partial charge is 0.368 e. The fourth-order valence-electron chi connectivity index (χ4n) is 3.75. The Morgan fingerprint density at radius 2 is 2.05 bits per heavy atom. The Morgan fingerprint density at radius 1 is 1.26 bits per heavy atom. The summed E-state index contributed by atoms with van der Waals surface area (Å²) in [6, 6.07) is 8.07. The van der Waals surface area contributed by atoms with Gasteiger partial charge in [-0.1, -0.05) is 31.4 Å². The topological polar surface area (TPSA) is 29.3 Å². The molecule has 104 valence electrons. The number of fused-ring (bicyclic) bond motifs is 1. The normalized spacial score (nSPS) is 21.5. The minimum atomic E-state index is 0.258. The van der Waals surface area contributed by atoms with Crippen molar-refractivity contribution in [2.45, 2.75) is 64.0 Å². The summed E-state index contributed by atoms with van der Waals surface area (Å²) in [6.07, 6.45) is 9.26. The van der Waals surface area contributed by atoms with Crippen LogP contribution in [0.15, 0.2) is 18.2 Å². The monoisotopic (exact) mass is 258 g/mol. The van der Waals surface area contributed by atoms with E-state index >= 15 is 0 Å². The van der Waals surface area contributed by atoms with Gasteiger partial charge in [0.25, 0.3) is 0 Å². The number of benzene rings is 1. The first-order valence-electron chi connectivity index (χ1n) is 7.88. The Balaban J connectivity index is 1.77. The molecule has 2 heteroatoms. The molecule has 1 unspecified atom stereocenters. The van der Waals surface area contributed by atoms with Crippen molar-refractivity contribution in [3.63, 3.8) is 0 Å². The van der Waals surface area contributed by atoms with Crippen LogP contribution in [0.2, 0.25) is 0 Å². The Kier molecular flexibility index (Phi) is 3.79. The zero-order valence-electron chi connectivity index (χ0n) is 12.1. The van der Waals surface area contributed by atoms with Crippen LogP contribution in [-0.4, -0.2) is 18.6 Å². The van der Waals surface area contributed by atoms with Crippen molar-refractivity contribution in [1.82, 2.24) is 0 Å². The van der Waals surface area contributed by atoms with Gasteiger partial charge in [0.2, 0.25) is 0 Å². The van der Waals surface area contributed by atoms with Crippen molar-refractivity contribution in [3.05, 3.63) is 29.3 Å². The molecule has 2 nitrogen and oxygen atoms in total. The van der Waals surface area contributed by atoms with E-state index in [2.05, 4.69) is 30.0 Å². The second kappa shape index (κ2) is 5.54. The summed E-state index contributed by atoms with van der Waals surface area (Å²) in [6.45, 7) is 3.31. The third-order valence-electron chi connectivity index (χ3n) is 4.65. The van der Waals surface area contributed by atoms with Crippen LogP contribution in [0, 0.1) is 0 Å². The molecule has 1 heterocycles. The van der Waals surface area contributed by atoms with Gasteiger partial charge in [0.05, 0.1) is 0 Å². The van der Waals surface area contributed by atoms with E-state index in [-0.39, 0.29) is 6.04 Å². The summed E-state index contributed by atoms with van der Waals surface area (Å²) >= 11 is 0. The Labute approximate surface area is 117 Å². The fraction of sp³-hybridized carbons (Fsp3) is 0.647. The summed E-state index contributed by atoms with van der Waals surface area (Å²) in [4.78, 5) is 2.67. The molecule has 2 aliphatic rings. The highest BCUT2D eigenvalue weighted by atomic mass is 15.2. The van der Waals surface area contributed by atoms with E-state index < -0.39 is 0 Å². The predicted molar refractivity (Wildman–Crippen MR) is 81.7 cm³/mol. The lowest BCUT2D eigenvalue weighted by Crippen LogP contribution is -2.35. The van der Waals surface area contributed by atoms with Crippen LogP contribution in [0.5, 0.6) is 0 Å². The Hall–Kier alpha value is -1.02. The van der Waals surface area contributed by atoms with Crippen molar-refractivity contribution in [3.8, 4) is 0 Å². The highest BCUT2D eigenvalue weighted by Crippen LogP contribution is 2.34. The first kappa shape index (κ1) is 13.0. The van der Waals surface area contributed by atoms with Crippen molar-refractivity contribution >= 4 is 5.69 Å². The molecule has 1 aliphatic heterocycles. The van der Waals surface area contributed by atoms with E-state index in [9.17, 15) is 0 Å². The number of hydrogen-bond acceptors (Lipinski definition) is 2. The summed E-state index contributed by atoms with van der Waals surface area (Å²) < 4.78 is 0. The van der Waals surface area contributed by atoms with Crippen molar-refractivity contribution in [1.29, 1.82) is 0 Å². The van der Waals surface area contributed by atoms with E-state index in [1.165, 1.54) is 56.3 Å². The first-order valence-corrected chi connectivity index (χ1v) is 7.88. The quantitative estimate of drug-likeness (QED) is 0.901. The predicted octanol–water partition coefficient (Wildman–Crippen LogP) is 3.27. The molecule has 19 heavy (non-hydrogen) atoms. The summed E-state index contributed by atoms with van der Waals surface area (Å²) in [5.41, 5.74) is 10.4. The number of anilines is 1. The van der Waals surface area contributed by atoms with Crippen LogP contribution in [0.3, 0.4) is 0 Å². The van der Waals surface area contributed by atoms with Gasteiger partial charge in [0.15, 0.2) is 0 Å². The molecule has 3 rings (SSSR count). The van der Waals surface area contributed by atoms with Crippen LogP contribution in [0.4, 0.5) is 5.69 Å². The van der Waals surface area contributed by atoms with Gasteiger partial charge >= 0.3 is 0 Å². The van der Waals surface area contributed by atoms with Crippen LogP contribution < -0.4 is 10.6 Å². The molecule has 0 radical (unpaired) electrons. The first-order chi connectivity index (χ1) is 9.24. The number of rotatable bonds is 3. The molecule has 1 fully saturated rings. The average Bonchev–Trinajstić information content (AvgIpc) is 2.82. The van der Waals surface area contributed by atoms with Crippen molar-refractivity contribution in [2.75, 3.05) is 11.4 Å². The van der Waals surface area contributed by atoms with Gasteiger partial charge in [0, 0.05) is 24.3 Å². The fourth-order valence-corrected chi connectivity index (χ4v) is 3.75.